The first kappa shape index (κ1) is 12.7. The highest BCUT2D eigenvalue weighted by atomic mass is 16.8. The first-order chi connectivity index (χ1) is 8.71. The van der Waals surface area contributed by atoms with Gasteiger partial charge in [-0.25, -0.2) is 0 Å². The zero-order valence-electron chi connectivity index (χ0n) is 10.5. The van der Waals surface area contributed by atoms with E-state index >= 15 is 0 Å². The van der Waals surface area contributed by atoms with Gasteiger partial charge in [-0.05, 0) is 6.92 Å². The summed E-state index contributed by atoms with van der Waals surface area (Å²) in [6.07, 6.45) is -1.91. The number of fused-ring (bicyclic) bond motifs is 4. The van der Waals surface area contributed by atoms with E-state index in [4.69, 9.17) is 23.8 Å². The molecule has 7 heteroatoms. The molecule has 3 aliphatic rings. The summed E-state index contributed by atoms with van der Waals surface area (Å²) in [6, 6.07) is 0. The highest BCUT2D eigenvalue weighted by molar-refractivity contribution is 5.12. The van der Waals surface area contributed by atoms with Gasteiger partial charge < -0.3 is 28.9 Å². The summed E-state index contributed by atoms with van der Waals surface area (Å²) in [5, 5.41) is 10.5. The van der Waals surface area contributed by atoms with Crippen molar-refractivity contribution >= 4 is 0 Å². The third-order valence-corrected chi connectivity index (χ3v) is 3.82. The van der Waals surface area contributed by atoms with E-state index in [1.165, 1.54) is 7.11 Å². The van der Waals surface area contributed by atoms with Gasteiger partial charge in [0.2, 0.25) is 0 Å². The highest BCUT2D eigenvalue weighted by Crippen LogP contribution is 2.44. The van der Waals surface area contributed by atoms with Crippen LogP contribution in [0.25, 0.3) is 0 Å². The van der Waals surface area contributed by atoms with Crippen LogP contribution in [-0.4, -0.2) is 61.9 Å². The Kier molecular flexibility index (Phi) is 3.31. The van der Waals surface area contributed by atoms with Gasteiger partial charge in [0.15, 0.2) is 12.6 Å². The van der Waals surface area contributed by atoms with Crippen molar-refractivity contribution in [1.82, 2.24) is 5.48 Å². The zero-order valence-corrected chi connectivity index (χ0v) is 10.5. The zero-order chi connectivity index (χ0) is 12.8. The molecule has 0 aromatic rings. The van der Waals surface area contributed by atoms with Gasteiger partial charge in [0.25, 0.3) is 0 Å². The Labute approximate surface area is 105 Å². The lowest BCUT2D eigenvalue weighted by molar-refractivity contribution is -0.246. The Hall–Kier alpha value is -0.280. The lowest BCUT2D eigenvalue weighted by atomic mass is 9.81. The van der Waals surface area contributed by atoms with Crippen LogP contribution in [0.3, 0.4) is 0 Å². The quantitative estimate of drug-likeness (QED) is 0.638. The average Bonchev–Trinajstić information content (AvgIpc) is 2.92. The molecule has 3 saturated heterocycles. The topological polar surface area (TPSA) is 78.4 Å². The number of hydroxylamine groups is 1. The van der Waals surface area contributed by atoms with Gasteiger partial charge in [0.05, 0.1) is 13.7 Å². The van der Waals surface area contributed by atoms with Gasteiger partial charge in [-0.3, -0.25) is 0 Å². The minimum absolute atomic E-state index is 0.349. The van der Waals surface area contributed by atoms with Crippen molar-refractivity contribution in [1.29, 1.82) is 0 Å². The predicted molar refractivity (Wildman–Crippen MR) is 58.4 cm³/mol. The number of ether oxygens (including phenoxy) is 4. The summed E-state index contributed by atoms with van der Waals surface area (Å²) in [5.74, 6) is 0. The average molecular weight is 261 g/mol. The largest absolute Gasteiger partial charge is 0.388 e. The molecule has 0 aromatic carbocycles. The third kappa shape index (κ3) is 1.70. The van der Waals surface area contributed by atoms with E-state index < -0.39 is 24.0 Å². The SMILES string of the molecule is CCOC1C[C@@]2(NOC)[C@H](O)[C@H]3CO[C@H](O3)[C@H]2O1. The minimum Gasteiger partial charge on any atom is -0.388 e. The summed E-state index contributed by atoms with van der Waals surface area (Å²) in [6.45, 7) is 2.82. The molecule has 18 heavy (non-hydrogen) atoms. The number of hydrogen-bond acceptors (Lipinski definition) is 7. The minimum atomic E-state index is -0.758. The molecular weight excluding hydrogens is 242 g/mol. The molecular formula is C11H19NO6. The van der Waals surface area contributed by atoms with Gasteiger partial charge in [-0.2, -0.15) is 5.48 Å². The van der Waals surface area contributed by atoms with E-state index in [2.05, 4.69) is 5.48 Å². The van der Waals surface area contributed by atoms with E-state index in [1.54, 1.807) is 0 Å². The van der Waals surface area contributed by atoms with Crippen LogP contribution in [0, 0.1) is 0 Å². The number of hydrogen-bond donors (Lipinski definition) is 2. The first-order valence-corrected chi connectivity index (χ1v) is 6.23. The van der Waals surface area contributed by atoms with Crippen LogP contribution in [0.5, 0.6) is 0 Å². The molecule has 3 heterocycles. The fraction of sp³-hybridized carbons (Fsp3) is 1.00. The van der Waals surface area contributed by atoms with Crippen molar-refractivity contribution in [2.75, 3.05) is 20.3 Å². The maximum Gasteiger partial charge on any atom is 0.186 e. The number of nitrogens with one attached hydrogen (secondary N) is 1. The maximum absolute atomic E-state index is 10.5. The summed E-state index contributed by atoms with van der Waals surface area (Å²) >= 11 is 0. The van der Waals surface area contributed by atoms with Crippen LogP contribution in [0.2, 0.25) is 0 Å². The standard InChI is InChI=1S/C11H19NO6/c1-3-15-7-4-11(12-14-2)8(13)6-5-16-10(17-6)9(11)18-7/h6-10,12-13H,3-5H2,1-2H3/t6-,7?,8-,9-,10-,11-/m1/s1. The molecule has 0 aromatic heterocycles. The molecule has 6 atom stereocenters. The van der Waals surface area contributed by atoms with E-state index in [9.17, 15) is 5.11 Å². The van der Waals surface area contributed by atoms with Crippen LogP contribution in [0.15, 0.2) is 0 Å². The lowest BCUT2D eigenvalue weighted by Crippen LogP contribution is -2.68. The van der Waals surface area contributed by atoms with Gasteiger partial charge >= 0.3 is 0 Å². The molecule has 2 N–H and O–H groups in total. The first-order valence-electron chi connectivity index (χ1n) is 6.23. The molecule has 7 nitrogen and oxygen atoms in total. The Bertz CT molecular complexity index is 316. The molecule has 2 bridgehead atoms. The van der Waals surface area contributed by atoms with Gasteiger partial charge in [-0.1, -0.05) is 0 Å². The maximum atomic E-state index is 10.5. The summed E-state index contributed by atoms with van der Waals surface area (Å²) in [4.78, 5) is 5.05. The number of aliphatic hydroxyl groups excluding tert-OH is 1. The Balaban J connectivity index is 1.87. The molecule has 3 fully saturated rings. The van der Waals surface area contributed by atoms with Crippen LogP contribution in [-0.2, 0) is 23.8 Å². The number of rotatable bonds is 4. The fourth-order valence-electron chi connectivity index (χ4n) is 3.05. The molecule has 0 saturated carbocycles. The molecule has 3 aliphatic heterocycles. The molecule has 0 aliphatic carbocycles. The van der Waals surface area contributed by atoms with E-state index in [-0.39, 0.29) is 12.4 Å². The van der Waals surface area contributed by atoms with Gasteiger partial charge in [0.1, 0.15) is 23.9 Å². The van der Waals surface area contributed by atoms with Gasteiger partial charge in [0, 0.05) is 13.0 Å². The molecule has 0 amide bonds. The molecule has 0 radical (unpaired) electrons. The van der Waals surface area contributed by atoms with Crippen molar-refractivity contribution < 1.29 is 28.9 Å². The van der Waals surface area contributed by atoms with Crippen molar-refractivity contribution in [3.05, 3.63) is 0 Å². The second-order valence-electron chi connectivity index (χ2n) is 4.81. The van der Waals surface area contributed by atoms with Crippen LogP contribution >= 0.6 is 0 Å². The summed E-state index contributed by atoms with van der Waals surface area (Å²) < 4.78 is 22.3. The normalized spacial score (nSPS) is 50.5. The van der Waals surface area contributed by atoms with Gasteiger partial charge in [-0.15, -0.1) is 0 Å². The number of aliphatic hydroxyl groups is 1. The van der Waals surface area contributed by atoms with Crippen LogP contribution in [0.1, 0.15) is 13.3 Å². The van der Waals surface area contributed by atoms with Crippen molar-refractivity contribution in [3.63, 3.8) is 0 Å². The van der Waals surface area contributed by atoms with Crippen molar-refractivity contribution in [2.45, 2.75) is 49.8 Å². The highest BCUT2D eigenvalue weighted by Gasteiger charge is 2.65. The Morgan fingerprint density at radius 3 is 3.00 bits per heavy atom. The predicted octanol–water partition coefficient (Wildman–Crippen LogP) is -0.856. The van der Waals surface area contributed by atoms with Crippen molar-refractivity contribution in [3.8, 4) is 0 Å². The second-order valence-corrected chi connectivity index (χ2v) is 4.81. The lowest BCUT2D eigenvalue weighted by Gasteiger charge is -2.43. The second kappa shape index (κ2) is 4.68. The van der Waals surface area contributed by atoms with Crippen LogP contribution in [0.4, 0.5) is 0 Å². The van der Waals surface area contributed by atoms with Crippen molar-refractivity contribution in [2.24, 2.45) is 0 Å². The molecule has 104 valence electrons. The molecule has 1 unspecified atom stereocenters. The molecule has 3 rings (SSSR count). The summed E-state index contributed by atoms with van der Waals surface area (Å²) in [7, 11) is 1.52. The Morgan fingerprint density at radius 2 is 2.28 bits per heavy atom. The van der Waals surface area contributed by atoms with E-state index in [0.29, 0.717) is 19.6 Å². The fourth-order valence-corrected chi connectivity index (χ4v) is 3.05. The smallest absolute Gasteiger partial charge is 0.186 e. The van der Waals surface area contributed by atoms with Crippen LogP contribution < -0.4 is 5.48 Å². The van der Waals surface area contributed by atoms with E-state index in [0.717, 1.165) is 0 Å². The van der Waals surface area contributed by atoms with E-state index in [1.807, 2.05) is 6.92 Å². The summed E-state index contributed by atoms with van der Waals surface area (Å²) in [5.41, 5.74) is 2.15. The molecule has 0 spiro atoms. The monoisotopic (exact) mass is 261 g/mol. The third-order valence-electron chi connectivity index (χ3n) is 3.82. The Morgan fingerprint density at radius 1 is 1.44 bits per heavy atom.